The zero-order chi connectivity index (χ0) is 18.6. The van der Waals surface area contributed by atoms with E-state index in [9.17, 15) is 14.4 Å². The van der Waals surface area contributed by atoms with Gasteiger partial charge in [-0.05, 0) is 43.2 Å². The average Bonchev–Trinajstić information content (AvgIpc) is 3.05. The normalized spacial score (nSPS) is 11.8. The number of H-pyrrole nitrogens is 1. The van der Waals surface area contributed by atoms with Gasteiger partial charge in [-0.1, -0.05) is 13.8 Å². The van der Waals surface area contributed by atoms with Crippen LogP contribution in [0.5, 0.6) is 0 Å². The van der Waals surface area contributed by atoms with Crippen molar-refractivity contribution in [3.05, 3.63) is 47.3 Å². The minimum Gasteiger partial charge on any atom is -0.480 e. The van der Waals surface area contributed by atoms with E-state index in [0.717, 1.165) is 5.69 Å². The molecule has 0 aliphatic heterocycles. The monoisotopic (exact) mass is 344 g/mol. The molecule has 0 aliphatic carbocycles. The molecule has 25 heavy (non-hydrogen) atoms. The molecule has 1 aromatic heterocycles. The van der Waals surface area contributed by atoms with Crippen LogP contribution in [0.2, 0.25) is 0 Å². The number of anilines is 1. The van der Waals surface area contributed by atoms with Crippen LogP contribution in [-0.2, 0) is 4.79 Å². The smallest absolute Gasteiger partial charge is 0.325 e. The fourth-order valence-corrected chi connectivity index (χ4v) is 1.99. The highest BCUT2D eigenvalue weighted by Gasteiger charge is 2.16. The van der Waals surface area contributed by atoms with E-state index in [0.29, 0.717) is 11.3 Å². The number of aromatic nitrogens is 2. The third-order valence-electron chi connectivity index (χ3n) is 3.58. The molecule has 8 heteroatoms. The molecule has 0 aliphatic rings. The second-order valence-electron chi connectivity index (χ2n) is 5.93. The van der Waals surface area contributed by atoms with Crippen LogP contribution in [0.1, 0.15) is 53.2 Å². The number of hydrogen-bond acceptors (Lipinski definition) is 4. The summed E-state index contributed by atoms with van der Waals surface area (Å²) in [7, 11) is 0. The molecule has 0 saturated carbocycles. The fourth-order valence-electron chi connectivity index (χ4n) is 1.99. The number of hydrogen-bond donors (Lipinski definition) is 4. The minimum atomic E-state index is -1.11. The van der Waals surface area contributed by atoms with E-state index in [2.05, 4.69) is 20.8 Å². The van der Waals surface area contributed by atoms with Gasteiger partial charge in [0.1, 0.15) is 6.04 Å². The maximum Gasteiger partial charge on any atom is 0.325 e. The lowest BCUT2D eigenvalue weighted by Crippen LogP contribution is -2.38. The Bertz CT molecular complexity index is 780. The molecule has 8 nitrogen and oxygen atoms in total. The second-order valence-corrected chi connectivity index (χ2v) is 5.93. The van der Waals surface area contributed by atoms with E-state index in [1.807, 2.05) is 13.8 Å². The second kappa shape index (κ2) is 7.61. The molecule has 2 rings (SSSR count). The van der Waals surface area contributed by atoms with Gasteiger partial charge in [-0.2, -0.15) is 5.10 Å². The number of nitrogens with one attached hydrogen (secondary N) is 3. The van der Waals surface area contributed by atoms with Crippen LogP contribution in [0.25, 0.3) is 0 Å². The Morgan fingerprint density at radius 2 is 1.72 bits per heavy atom. The number of nitrogens with zero attached hydrogens (tertiary/aromatic N) is 1. The molecule has 0 bridgehead atoms. The number of benzene rings is 1. The highest BCUT2D eigenvalue weighted by molar-refractivity contribution is 6.03. The molecule has 0 spiro atoms. The molecule has 0 fully saturated rings. The topological polar surface area (TPSA) is 124 Å². The van der Waals surface area contributed by atoms with Crippen molar-refractivity contribution in [3.63, 3.8) is 0 Å². The fraction of sp³-hybridized carbons (Fsp3) is 0.294. The van der Waals surface area contributed by atoms with E-state index >= 15 is 0 Å². The first-order chi connectivity index (χ1) is 11.8. The lowest BCUT2D eigenvalue weighted by molar-refractivity contribution is -0.138. The van der Waals surface area contributed by atoms with Gasteiger partial charge >= 0.3 is 5.97 Å². The van der Waals surface area contributed by atoms with Crippen molar-refractivity contribution < 1.29 is 19.5 Å². The van der Waals surface area contributed by atoms with Crippen molar-refractivity contribution in [1.82, 2.24) is 15.5 Å². The van der Waals surface area contributed by atoms with Gasteiger partial charge in [-0.15, -0.1) is 0 Å². The molecule has 2 amide bonds. The predicted octanol–water partition coefficient (Wildman–Crippen LogP) is 1.99. The van der Waals surface area contributed by atoms with Gasteiger partial charge in [0.15, 0.2) is 5.69 Å². The molecule has 4 N–H and O–H groups in total. The van der Waals surface area contributed by atoms with Crippen LogP contribution >= 0.6 is 0 Å². The summed E-state index contributed by atoms with van der Waals surface area (Å²) in [4.78, 5) is 34.8. The van der Waals surface area contributed by atoms with E-state index < -0.39 is 17.9 Å². The first-order valence-corrected chi connectivity index (χ1v) is 7.78. The highest BCUT2D eigenvalue weighted by Crippen LogP contribution is 2.14. The van der Waals surface area contributed by atoms with Crippen molar-refractivity contribution in [2.45, 2.75) is 32.7 Å². The van der Waals surface area contributed by atoms with Crippen LogP contribution in [-0.4, -0.2) is 39.1 Å². The Morgan fingerprint density at radius 3 is 2.24 bits per heavy atom. The van der Waals surface area contributed by atoms with Crippen molar-refractivity contribution >= 4 is 23.5 Å². The molecule has 1 heterocycles. The third-order valence-corrected chi connectivity index (χ3v) is 3.58. The Balaban J connectivity index is 2.00. The molecular formula is C17H20N4O4. The zero-order valence-electron chi connectivity index (χ0n) is 14.2. The van der Waals surface area contributed by atoms with Crippen LogP contribution in [0.4, 0.5) is 5.69 Å². The highest BCUT2D eigenvalue weighted by atomic mass is 16.4. The predicted molar refractivity (Wildman–Crippen MR) is 91.6 cm³/mol. The summed E-state index contributed by atoms with van der Waals surface area (Å²) in [5, 5.41) is 20.6. The summed E-state index contributed by atoms with van der Waals surface area (Å²) in [6.45, 7) is 5.36. The van der Waals surface area contributed by atoms with Gasteiger partial charge < -0.3 is 15.7 Å². The maximum atomic E-state index is 12.2. The summed E-state index contributed by atoms with van der Waals surface area (Å²) in [6, 6.07) is 6.84. The molecule has 1 aromatic carbocycles. The minimum absolute atomic E-state index is 0.236. The van der Waals surface area contributed by atoms with E-state index in [4.69, 9.17) is 5.11 Å². The quantitative estimate of drug-likeness (QED) is 0.638. The lowest BCUT2D eigenvalue weighted by atomic mass is 10.1. The summed E-state index contributed by atoms with van der Waals surface area (Å²) >= 11 is 0. The van der Waals surface area contributed by atoms with Crippen molar-refractivity contribution in [3.8, 4) is 0 Å². The average molecular weight is 344 g/mol. The Labute approximate surface area is 144 Å². The molecule has 2 aromatic rings. The van der Waals surface area contributed by atoms with Crippen LogP contribution < -0.4 is 10.6 Å². The number of carbonyl (C=O) groups is 3. The molecule has 1 atom stereocenters. The van der Waals surface area contributed by atoms with E-state index in [1.54, 1.807) is 18.2 Å². The first kappa shape index (κ1) is 18.2. The van der Waals surface area contributed by atoms with Gasteiger partial charge in [0.05, 0.1) is 0 Å². The maximum absolute atomic E-state index is 12.2. The largest absolute Gasteiger partial charge is 0.480 e. The van der Waals surface area contributed by atoms with Gasteiger partial charge in [-0.25, -0.2) is 0 Å². The van der Waals surface area contributed by atoms with Crippen molar-refractivity contribution in [2.24, 2.45) is 0 Å². The summed E-state index contributed by atoms with van der Waals surface area (Å²) < 4.78 is 0. The molecular weight excluding hydrogens is 324 g/mol. The molecule has 0 radical (unpaired) electrons. The number of amides is 2. The van der Waals surface area contributed by atoms with E-state index in [1.165, 1.54) is 19.1 Å². The number of carboxylic acid groups (broad SMARTS) is 1. The van der Waals surface area contributed by atoms with E-state index in [-0.39, 0.29) is 17.5 Å². The van der Waals surface area contributed by atoms with Crippen molar-refractivity contribution in [2.75, 3.05) is 5.32 Å². The Hall–Kier alpha value is -3.16. The Morgan fingerprint density at radius 1 is 1.08 bits per heavy atom. The Kier molecular flexibility index (Phi) is 5.53. The van der Waals surface area contributed by atoms with Crippen LogP contribution in [0.15, 0.2) is 30.3 Å². The number of rotatable bonds is 6. The molecule has 0 saturated heterocycles. The van der Waals surface area contributed by atoms with Gasteiger partial charge in [0, 0.05) is 16.9 Å². The van der Waals surface area contributed by atoms with Gasteiger partial charge in [-0.3, -0.25) is 19.5 Å². The summed E-state index contributed by atoms with van der Waals surface area (Å²) in [5.41, 5.74) is 1.94. The number of aromatic amines is 1. The van der Waals surface area contributed by atoms with Gasteiger partial charge in [0.25, 0.3) is 11.8 Å². The lowest BCUT2D eigenvalue weighted by Gasteiger charge is -2.09. The number of carboxylic acids is 1. The molecule has 1 unspecified atom stereocenters. The summed E-state index contributed by atoms with van der Waals surface area (Å²) in [5.74, 6) is -1.74. The zero-order valence-corrected chi connectivity index (χ0v) is 14.2. The number of aliphatic carboxylic acids is 1. The first-order valence-electron chi connectivity index (χ1n) is 7.78. The SMILES string of the molecule is CC(NC(=O)c1ccc(NC(=O)c2cc(C(C)C)[nH]n2)cc1)C(=O)O. The van der Waals surface area contributed by atoms with Gasteiger partial charge in [0.2, 0.25) is 0 Å². The van der Waals surface area contributed by atoms with Crippen LogP contribution in [0.3, 0.4) is 0 Å². The van der Waals surface area contributed by atoms with Crippen LogP contribution in [0, 0.1) is 0 Å². The number of carbonyl (C=O) groups excluding carboxylic acids is 2. The summed E-state index contributed by atoms with van der Waals surface area (Å²) in [6.07, 6.45) is 0. The third kappa shape index (κ3) is 4.66. The van der Waals surface area contributed by atoms with Crippen molar-refractivity contribution in [1.29, 1.82) is 0 Å². The standard InChI is InChI=1S/C17H20N4O4/c1-9(2)13-8-14(21-20-13)16(23)19-12-6-4-11(5-7-12)15(22)18-10(3)17(24)25/h4-10H,1-3H3,(H,18,22)(H,19,23)(H,20,21)(H,24,25). The molecule has 132 valence electrons.